The van der Waals surface area contributed by atoms with Gasteiger partial charge in [-0.3, -0.25) is 4.79 Å². The van der Waals surface area contributed by atoms with Gasteiger partial charge in [-0.1, -0.05) is 18.2 Å². The van der Waals surface area contributed by atoms with Gasteiger partial charge in [0.15, 0.2) is 0 Å². The van der Waals surface area contributed by atoms with Crippen molar-refractivity contribution in [3.05, 3.63) is 53.5 Å². The quantitative estimate of drug-likeness (QED) is 0.819. The van der Waals surface area contributed by atoms with Crippen LogP contribution in [0, 0.1) is 13.8 Å². The van der Waals surface area contributed by atoms with Gasteiger partial charge < -0.3 is 4.42 Å². The molecular formula is C15H17NO4S2. The largest absolute Gasteiger partial charge is 0.469 e. The molecule has 2 aromatic rings. The summed E-state index contributed by atoms with van der Waals surface area (Å²) in [6.07, 6.45) is 1.43. The molecule has 1 amide bonds. The lowest BCUT2D eigenvalue weighted by atomic mass is 10.2. The predicted octanol–water partition coefficient (Wildman–Crippen LogP) is 2.75. The summed E-state index contributed by atoms with van der Waals surface area (Å²) in [5, 5.41) is 0. The number of hydrogen-bond donors (Lipinski definition) is 1. The van der Waals surface area contributed by atoms with E-state index in [0.717, 1.165) is 4.90 Å². The molecule has 2 rings (SSSR count). The normalized spacial score (nSPS) is 11.4. The SMILES string of the molecule is Cc1coc(C)c1C(=O)NS(=O)(=O)CCSc1ccccc1. The number of rotatable bonds is 6. The fourth-order valence-electron chi connectivity index (χ4n) is 1.94. The zero-order valence-electron chi connectivity index (χ0n) is 12.3. The highest BCUT2D eigenvalue weighted by Crippen LogP contribution is 2.18. The first-order chi connectivity index (χ1) is 10.4. The van der Waals surface area contributed by atoms with E-state index in [1.54, 1.807) is 13.8 Å². The van der Waals surface area contributed by atoms with Crippen LogP contribution in [0.15, 0.2) is 45.9 Å². The number of aryl methyl sites for hydroxylation is 2. The lowest BCUT2D eigenvalue weighted by Gasteiger charge is -2.07. The minimum atomic E-state index is -3.67. The van der Waals surface area contributed by atoms with E-state index in [-0.39, 0.29) is 11.3 Å². The average molecular weight is 339 g/mol. The minimum absolute atomic E-state index is 0.131. The molecule has 7 heteroatoms. The van der Waals surface area contributed by atoms with Crippen LogP contribution in [0.1, 0.15) is 21.7 Å². The second-order valence-corrected chi connectivity index (χ2v) is 7.77. The van der Waals surface area contributed by atoms with Gasteiger partial charge in [0.1, 0.15) is 5.76 Å². The fraction of sp³-hybridized carbons (Fsp3) is 0.267. The molecule has 0 bridgehead atoms. The lowest BCUT2D eigenvalue weighted by Crippen LogP contribution is -2.33. The number of hydrogen-bond acceptors (Lipinski definition) is 5. The van der Waals surface area contributed by atoms with Crippen LogP contribution in [-0.4, -0.2) is 25.8 Å². The van der Waals surface area contributed by atoms with Crippen molar-refractivity contribution in [2.24, 2.45) is 0 Å². The summed E-state index contributed by atoms with van der Waals surface area (Å²) in [4.78, 5) is 13.0. The van der Waals surface area contributed by atoms with Crippen LogP contribution < -0.4 is 4.72 Å². The van der Waals surface area contributed by atoms with Crippen molar-refractivity contribution < 1.29 is 17.6 Å². The van der Waals surface area contributed by atoms with Gasteiger partial charge in [0.25, 0.3) is 5.91 Å². The lowest BCUT2D eigenvalue weighted by molar-refractivity contribution is 0.0979. The summed E-state index contributed by atoms with van der Waals surface area (Å²) >= 11 is 1.43. The van der Waals surface area contributed by atoms with E-state index in [9.17, 15) is 13.2 Å². The van der Waals surface area contributed by atoms with Crippen molar-refractivity contribution in [3.8, 4) is 0 Å². The van der Waals surface area contributed by atoms with Crippen molar-refractivity contribution in [2.45, 2.75) is 18.7 Å². The molecule has 0 saturated carbocycles. The van der Waals surface area contributed by atoms with Crippen LogP contribution in [0.25, 0.3) is 0 Å². The third-order valence-electron chi connectivity index (χ3n) is 3.00. The fourth-order valence-corrected chi connectivity index (χ4v) is 4.22. The van der Waals surface area contributed by atoms with Gasteiger partial charge >= 0.3 is 0 Å². The number of amides is 1. The van der Waals surface area contributed by atoms with Crippen LogP contribution in [0.2, 0.25) is 0 Å². The van der Waals surface area contributed by atoms with E-state index >= 15 is 0 Å². The molecule has 1 aromatic heterocycles. The van der Waals surface area contributed by atoms with Gasteiger partial charge in [-0.05, 0) is 26.0 Å². The summed E-state index contributed by atoms with van der Waals surface area (Å²) in [6, 6.07) is 9.50. The van der Waals surface area contributed by atoms with Gasteiger partial charge in [-0.2, -0.15) is 0 Å². The number of furan rings is 1. The monoisotopic (exact) mass is 339 g/mol. The standard InChI is InChI=1S/C15H17NO4S2/c1-11-10-20-12(2)14(11)15(17)16-22(18,19)9-8-21-13-6-4-3-5-7-13/h3-7,10H,8-9H2,1-2H3,(H,16,17). The minimum Gasteiger partial charge on any atom is -0.469 e. The molecule has 1 aromatic carbocycles. The summed E-state index contributed by atoms with van der Waals surface area (Å²) in [5.74, 6) is 0.00171. The first-order valence-corrected chi connectivity index (χ1v) is 9.30. The number of benzene rings is 1. The van der Waals surface area contributed by atoms with E-state index in [4.69, 9.17) is 4.42 Å². The van der Waals surface area contributed by atoms with E-state index < -0.39 is 15.9 Å². The number of thioether (sulfide) groups is 1. The molecule has 0 saturated heterocycles. The van der Waals surface area contributed by atoms with Gasteiger partial charge in [-0.25, -0.2) is 13.1 Å². The molecular weight excluding hydrogens is 322 g/mol. The zero-order chi connectivity index (χ0) is 16.2. The predicted molar refractivity (Wildman–Crippen MR) is 86.6 cm³/mol. The van der Waals surface area contributed by atoms with E-state index in [0.29, 0.717) is 17.1 Å². The van der Waals surface area contributed by atoms with E-state index in [1.165, 1.54) is 18.0 Å². The molecule has 0 fully saturated rings. The number of sulfonamides is 1. The third-order valence-corrected chi connectivity index (χ3v) is 5.51. The number of nitrogens with one attached hydrogen (secondary N) is 1. The van der Waals surface area contributed by atoms with Gasteiger partial charge in [0.2, 0.25) is 10.0 Å². The van der Waals surface area contributed by atoms with Crippen LogP contribution in [-0.2, 0) is 10.0 Å². The highest BCUT2D eigenvalue weighted by Gasteiger charge is 2.21. The molecule has 0 aliphatic carbocycles. The highest BCUT2D eigenvalue weighted by atomic mass is 32.2. The molecule has 5 nitrogen and oxygen atoms in total. The maximum atomic E-state index is 12.0. The Kier molecular flexibility index (Phi) is 5.31. The molecule has 0 aliphatic heterocycles. The topological polar surface area (TPSA) is 76.4 Å². The van der Waals surface area contributed by atoms with Gasteiger partial charge in [0, 0.05) is 16.2 Å². The first kappa shape index (κ1) is 16.6. The van der Waals surface area contributed by atoms with Gasteiger partial charge in [-0.15, -0.1) is 11.8 Å². The Bertz CT molecular complexity index is 732. The Hall–Kier alpha value is -1.73. The van der Waals surface area contributed by atoms with E-state index in [1.807, 2.05) is 30.3 Å². The molecule has 1 heterocycles. The van der Waals surface area contributed by atoms with Crippen molar-refractivity contribution in [3.63, 3.8) is 0 Å². The molecule has 118 valence electrons. The Morgan fingerprint density at radius 1 is 1.23 bits per heavy atom. The molecule has 0 aliphatic rings. The Labute approximate surface area is 134 Å². The second-order valence-electron chi connectivity index (χ2n) is 4.76. The Balaban J connectivity index is 1.92. The maximum Gasteiger partial charge on any atom is 0.268 e. The van der Waals surface area contributed by atoms with Crippen LogP contribution in [0.3, 0.4) is 0 Å². The van der Waals surface area contributed by atoms with Crippen LogP contribution >= 0.6 is 11.8 Å². The van der Waals surface area contributed by atoms with Crippen molar-refractivity contribution in [1.29, 1.82) is 0 Å². The summed E-state index contributed by atoms with van der Waals surface area (Å²) in [7, 11) is -3.67. The van der Waals surface area contributed by atoms with Crippen LogP contribution in [0.5, 0.6) is 0 Å². The molecule has 1 N–H and O–H groups in total. The summed E-state index contributed by atoms with van der Waals surface area (Å²) in [5.41, 5.74) is 0.892. The average Bonchev–Trinajstić information content (AvgIpc) is 2.78. The second kappa shape index (κ2) is 7.02. The Morgan fingerprint density at radius 2 is 1.91 bits per heavy atom. The number of carbonyl (C=O) groups is 1. The van der Waals surface area contributed by atoms with Crippen molar-refractivity contribution in [1.82, 2.24) is 4.72 Å². The third kappa shape index (κ3) is 4.38. The first-order valence-electron chi connectivity index (χ1n) is 6.66. The summed E-state index contributed by atoms with van der Waals surface area (Å²) < 4.78 is 31.1. The van der Waals surface area contributed by atoms with Gasteiger partial charge in [0.05, 0.1) is 17.6 Å². The Morgan fingerprint density at radius 3 is 2.50 bits per heavy atom. The van der Waals surface area contributed by atoms with Crippen molar-refractivity contribution in [2.75, 3.05) is 11.5 Å². The zero-order valence-corrected chi connectivity index (χ0v) is 14.0. The van der Waals surface area contributed by atoms with Crippen LogP contribution in [0.4, 0.5) is 0 Å². The molecule has 0 radical (unpaired) electrons. The molecule has 0 spiro atoms. The molecule has 22 heavy (non-hydrogen) atoms. The summed E-state index contributed by atoms with van der Waals surface area (Å²) in [6.45, 7) is 3.32. The molecule has 0 atom stereocenters. The van der Waals surface area contributed by atoms with Crippen molar-refractivity contribution >= 4 is 27.7 Å². The highest BCUT2D eigenvalue weighted by molar-refractivity contribution is 8.00. The number of carbonyl (C=O) groups excluding carboxylic acids is 1. The smallest absolute Gasteiger partial charge is 0.268 e. The molecule has 0 unspecified atom stereocenters. The van der Waals surface area contributed by atoms with E-state index in [2.05, 4.69) is 4.72 Å². The maximum absolute atomic E-state index is 12.0.